The standard InChI is InChI=1S/C12H24N2O3/c1-5-17-8-12(11(2,3)4)6-9(15)7-14(12)10(13)16/h9,15H,5-8H2,1-4H3,(H2,13,16)/t9-,12-/m0/s1. The maximum absolute atomic E-state index is 11.6. The average Bonchev–Trinajstić information content (AvgIpc) is 2.53. The van der Waals surface area contributed by atoms with Crippen molar-refractivity contribution in [1.29, 1.82) is 0 Å². The second-order valence-electron chi connectivity index (χ2n) is 5.73. The van der Waals surface area contributed by atoms with Crippen molar-refractivity contribution < 1.29 is 14.6 Å². The lowest BCUT2D eigenvalue weighted by molar-refractivity contribution is -0.0277. The number of nitrogens with two attached hydrogens (primary N) is 1. The third kappa shape index (κ3) is 2.55. The predicted octanol–water partition coefficient (Wildman–Crippen LogP) is 0.953. The van der Waals surface area contributed by atoms with Crippen molar-refractivity contribution in [2.75, 3.05) is 19.8 Å². The van der Waals surface area contributed by atoms with Gasteiger partial charge in [0.05, 0.1) is 18.2 Å². The molecule has 17 heavy (non-hydrogen) atoms. The maximum Gasteiger partial charge on any atom is 0.315 e. The molecule has 2 amide bonds. The number of hydrogen-bond acceptors (Lipinski definition) is 3. The van der Waals surface area contributed by atoms with Gasteiger partial charge in [-0.1, -0.05) is 20.8 Å². The average molecular weight is 244 g/mol. The van der Waals surface area contributed by atoms with E-state index in [1.54, 1.807) is 4.90 Å². The summed E-state index contributed by atoms with van der Waals surface area (Å²) in [5.41, 5.74) is 4.70. The molecule has 100 valence electrons. The maximum atomic E-state index is 11.6. The zero-order valence-corrected chi connectivity index (χ0v) is 11.2. The number of likely N-dealkylation sites (tertiary alicyclic amines) is 1. The summed E-state index contributed by atoms with van der Waals surface area (Å²) in [5.74, 6) is 0. The summed E-state index contributed by atoms with van der Waals surface area (Å²) in [5, 5.41) is 9.84. The van der Waals surface area contributed by atoms with Crippen LogP contribution < -0.4 is 5.73 Å². The number of aliphatic hydroxyl groups is 1. The molecule has 1 saturated heterocycles. The Morgan fingerprint density at radius 2 is 2.18 bits per heavy atom. The van der Waals surface area contributed by atoms with Crippen LogP contribution in [0.4, 0.5) is 4.79 Å². The van der Waals surface area contributed by atoms with Crippen molar-refractivity contribution >= 4 is 6.03 Å². The third-order valence-corrected chi connectivity index (χ3v) is 3.69. The summed E-state index contributed by atoms with van der Waals surface area (Å²) in [6, 6.07) is -0.490. The highest BCUT2D eigenvalue weighted by Crippen LogP contribution is 2.43. The van der Waals surface area contributed by atoms with Gasteiger partial charge in [-0.15, -0.1) is 0 Å². The molecule has 1 fully saturated rings. The molecule has 1 aliphatic heterocycles. The summed E-state index contributed by atoms with van der Waals surface area (Å²) in [4.78, 5) is 13.1. The van der Waals surface area contributed by atoms with Gasteiger partial charge in [0.2, 0.25) is 0 Å². The molecule has 1 aliphatic rings. The van der Waals surface area contributed by atoms with Crippen molar-refractivity contribution in [3.63, 3.8) is 0 Å². The van der Waals surface area contributed by atoms with Gasteiger partial charge in [-0.25, -0.2) is 4.79 Å². The van der Waals surface area contributed by atoms with E-state index in [4.69, 9.17) is 10.5 Å². The smallest absolute Gasteiger partial charge is 0.315 e. The molecule has 0 aromatic heterocycles. The lowest BCUT2D eigenvalue weighted by atomic mass is 9.72. The molecule has 0 aromatic rings. The molecule has 5 nitrogen and oxygen atoms in total. The molecule has 0 aliphatic carbocycles. The van der Waals surface area contributed by atoms with Crippen LogP contribution in [0.5, 0.6) is 0 Å². The van der Waals surface area contributed by atoms with Crippen LogP contribution in [0, 0.1) is 5.41 Å². The number of urea groups is 1. The minimum atomic E-state index is -0.526. The predicted molar refractivity (Wildman–Crippen MR) is 65.6 cm³/mol. The fourth-order valence-electron chi connectivity index (χ4n) is 2.59. The van der Waals surface area contributed by atoms with Crippen LogP contribution in [-0.4, -0.2) is 47.4 Å². The van der Waals surface area contributed by atoms with E-state index in [-0.39, 0.29) is 5.41 Å². The molecule has 0 spiro atoms. The summed E-state index contributed by atoms with van der Waals surface area (Å²) in [6.45, 7) is 9.32. The van der Waals surface area contributed by atoms with Crippen molar-refractivity contribution in [1.82, 2.24) is 4.90 Å². The Morgan fingerprint density at radius 3 is 2.59 bits per heavy atom. The van der Waals surface area contributed by atoms with Crippen LogP contribution in [-0.2, 0) is 4.74 Å². The molecular formula is C12H24N2O3. The van der Waals surface area contributed by atoms with Gasteiger partial charge in [0.1, 0.15) is 0 Å². The summed E-state index contributed by atoms with van der Waals surface area (Å²) >= 11 is 0. The Balaban J connectivity index is 3.06. The minimum Gasteiger partial charge on any atom is -0.391 e. The largest absolute Gasteiger partial charge is 0.391 e. The molecule has 0 bridgehead atoms. The zero-order valence-electron chi connectivity index (χ0n) is 11.2. The molecule has 0 aromatic carbocycles. The Morgan fingerprint density at radius 1 is 1.59 bits per heavy atom. The fraction of sp³-hybridized carbons (Fsp3) is 0.917. The van der Waals surface area contributed by atoms with Gasteiger partial charge in [0.15, 0.2) is 0 Å². The van der Waals surface area contributed by atoms with Gasteiger partial charge < -0.3 is 20.5 Å². The molecule has 0 radical (unpaired) electrons. The van der Waals surface area contributed by atoms with Crippen LogP contribution in [0.15, 0.2) is 0 Å². The van der Waals surface area contributed by atoms with Gasteiger partial charge in [0, 0.05) is 19.6 Å². The van der Waals surface area contributed by atoms with Crippen molar-refractivity contribution in [3.8, 4) is 0 Å². The van der Waals surface area contributed by atoms with Gasteiger partial charge in [0.25, 0.3) is 0 Å². The monoisotopic (exact) mass is 244 g/mol. The Labute approximate surface area is 103 Å². The molecule has 2 atom stereocenters. The molecule has 0 saturated carbocycles. The second-order valence-corrected chi connectivity index (χ2v) is 5.73. The third-order valence-electron chi connectivity index (χ3n) is 3.69. The Hall–Kier alpha value is -0.810. The lowest BCUT2D eigenvalue weighted by Crippen LogP contribution is -2.59. The van der Waals surface area contributed by atoms with Crippen molar-refractivity contribution in [2.24, 2.45) is 11.1 Å². The molecule has 0 unspecified atom stereocenters. The second kappa shape index (κ2) is 4.82. The summed E-state index contributed by atoms with van der Waals surface area (Å²) < 4.78 is 5.52. The van der Waals surface area contributed by atoms with Crippen molar-refractivity contribution in [3.05, 3.63) is 0 Å². The van der Waals surface area contributed by atoms with E-state index in [0.29, 0.717) is 26.2 Å². The number of aliphatic hydroxyl groups excluding tert-OH is 1. The summed E-state index contributed by atoms with van der Waals surface area (Å²) in [6.07, 6.45) is -0.0124. The topological polar surface area (TPSA) is 75.8 Å². The van der Waals surface area contributed by atoms with Gasteiger partial charge in [-0.2, -0.15) is 0 Å². The first kappa shape index (κ1) is 14.3. The Kier molecular flexibility index (Phi) is 4.04. The highest BCUT2D eigenvalue weighted by atomic mass is 16.5. The highest BCUT2D eigenvalue weighted by Gasteiger charge is 2.54. The SMILES string of the molecule is CCOC[C@]1(C(C)(C)C)C[C@H](O)CN1C(N)=O. The number of β-amino-alcohol motifs (C(OH)–C–C–N with tert-alkyl or cyclic N) is 1. The number of carbonyl (C=O) groups excluding carboxylic acids is 1. The minimum absolute atomic E-state index is 0.200. The lowest BCUT2D eigenvalue weighted by Gasteiger charge is -2.47. The normalized spacial score (nSPS) is 29.7. The van der Waals surface area contributed by atoms with E-state index in [1.165, 1.54) is 0 Å². The number of amides is 2. The number of primary amides is 1. The first-order valence-corrected chi connectivity index (χ1v) is 6.07. The summed E-state index contributed by atoms with van der Waals surface area (Å²) in [7, 11) is 0. The molecule has 3 N–H and O–H groups in total. The first-order valence-electron chi connectivity index (χ1n) is 6.07. The van der Waals surface area contributed by atoms with Gasteiger partial charge in [-0.05, 0) is 12.3 Å². The highest BCUT2D eigenvalue weighted by molar-refractivity contribution is 5.73. The van der Waals surface area contributed by atoms with E-state index in [2.05, 4.69) is 0 Å². The quantitative estimate of drug-likeness (QED) is 0.776. The number of ether oxygens (including phenoxy) is 1. The Bertz CT molecular complexity index is 288. The van der Waals surface area contributed by atoms with Crippen LogP contribution in [0.1, 0.15) is 34.1 Å². The number of nitrogens with zero attached hydrogens (tertiary/aromatic N) is 1. The number of rotatable bonds is 3. The fourth-order valence-corrected chi connectivity index (χ4v) is 2.59. The van der Waals surface area contributed by atoms with Crippen molar-refractivity contribution in [2.45, 2.75) is 45.8 Å². The zero-order chi connectivity index (χ0) is 13.3. The van der Waals surface area contributed by atoms with E-state index in [9.17, 15) is 9.90 Å². The van der Waals surface area contributed by atoms with E-state index < -0.39 is 17.7 Å². The van der Waals surface area contributed by atoms with Crippen LogP contribution in [0.25, 0.3) is 0 Å². The number of carbonyl (C=O) groups is 1. The van der Waals surface area contributed by atoms with Gasteiger partial charge in [-0.3, -0.25) is 0 Å². The molecule has 1 heterocycles. The van der Waals surface area contributed by atoms with Crippen LogP contribution >= 0.6 is 0 Å². The van der Waals surface area contributed by atoms with Crippen LogP contribution in [0.3, 0.4) is 0 Å². The van der Waals surface area contributed by atoms with E-state index in [0.717, 1.165) is 0 Å². The van der Waals surface area contributed by atoms with E-state index in [1.807, 2.05) is 27.7 Å². The molecule has 5 heteroatoms. The molecule has 1 rings (SSSR count). The van der Waals surface area contributed by atoms with Crippen LogP contribution in [0.2, 0.25) is 0 Å². The van der Waals surface area contributed by atoms with E-state index >= 15 is 0 Å². The first-order chi connectivity index (χ1) is 7.74. The number of hydrogen-bond donors (Lipinski definition) is 2. The molecular weight excluding hydrogens is 220 g/mol. The van der Waals surface area contributed by atoms with Gasteiger partial charge >= 0.3 is 6.03 Å².